The van der Waals surface area contributed by atoms with Gasteiger partial charge in [0.15, 0.2) is 0 Å². The first-order valence-electron chi connectivity index (χ1n) is 7.89. The smallest absolute Gasteiger partial charge is 0.240 e. The molecule has 0 bridgehead atoms. The Labute approximate surface area is 135 Å². The zero-order valence-corrected chi connectivity index (χ0v) is 13.2. The van der Waals surface area contributed by atoms with E-state index < -0.39 is 6.04 Å². The lowest BCUT2D eigenvalue weighted by Gasteiger charge is -2.20. The van der Waals surface area contributed by atoms with Crippen LogP contribution in [0.25, 0.3) is 10.9 Å². The Kier molecular flexibility index (Phi) is 4.34. The number of H-pyrrole nitrogens is 1. The van der Waals surface area contributed by atoms with Crippen LogP contribution in [0.2, 0.25) is 0 Å². The molecule has 0 unspecified atom stereocenters. The number of nitrogens with one attached hydrogen (secondary N) is 2. The van der Waals surface area contributed by atoms with Crippen LogP contribution in [0.15, 0.2) is 30.5 Å². The van der Waals surface area contributed by atoms with Crippen molar-refractivity contribution in [2.24, 2.45) is 5.73 Å². The normalized spacial score (nSPS) is 15.4. The van der Waals surface area contributed by atoms with Crippen molar-refractivity contribution in [3.05, 3.63) is 36.0 Å². The molecule has 1 aliphatic carbocycles. The molecule has 1 saturated carbocycles. The van der Waals surface area contributed by atoms with E-state index in [0.717, 1.165) is 29.3 Å². The topological polar surface area (TPSA) is 91.2 Å². The minimum atomic E-state index is -0.659. The second-order valence-electron chi connectivity index (χ2n) is 6.21. The van der Waals surface area contributed by atoms with E-state index in [0.29, 0.717) is 12.5 Å². The molecule has 3 rings (SSSR count). The molecule has 1 aromatic carbocycles. The standard InChI is InChI=1S/C17H22N4O2/c1-21(10-16(22)20-12-6-7-12)17(23)14(18)8-11-9-19-15-5-3-2-4-13(11)15/h2-5,9,12,14,19H,6-8,10,18H2,1H3,(H,20,22)/t14-/m0/s1. The predicted molar refractivity (Wildman–Crippen MR) is 88.8 cm³/mol. The van der Waals surface area contributed by atoms with E-state index in [4.69, 9.17) is 5.73 Å². The molecule has 1 fully saturated rings. The predicted octanol–water partition coefficient (Wildman–Crippen LogP) is 0.775. The fourth-order valence-electron chi connectivity index (χ4n) is 2.70. The summed E-state index contributed by atoms with van der Waals surface area (Å²) in [5.74, 6) is -0.344. The number of nitrogens with zero attached hydrogens (tertiary/aromatic N) is 1. The number of nitrogens with two attached hydrogens (primary N) is 1. The van der Waals surface area contributed by atoms with Crippen LogP contribution < -0.4 is 11.1 Å². The highest BCUT2D eigenvalue weighted by molar-refractivity contribution is 5.89. The van der Waals surface area contributed by atoms with Crippen LogP contribution in [-0.2, 0) is 16.0 Å². The van der Waals surface area contributed by atoms with Crippen LogP contribution in [0, 0.1) is 0 Å². The maximum absolute atomic E-state index is 12.4. The third kappa shape index (κ3) is 3.71. The molecule has 0 spiro atoms. The summed E-state index contributed by atoms with van der Waals surface area (Å²) in [6.07, 6.45) is 4.39. The van der Waals surface area contributed by atoms with Crippen molar-refractivity contribution >= 4 is 22.7 Å². The maximum Gasteiger partial charge on any atom is 0.240 e. The van der Waals surface area contributed by atoms with Gasteiger partial charge in [-0.05, 0) is 30.9 Å². The van der Waals surface area contributed by atoms with Gasteiger partial charge in [0.05, 0.1) is 12.6 Å². The lowest BCUT2D eigenvalue weighted by Crippen LogP contribution is -2.47. The highest BCUT2D eigenvalue weighted by Gasteiger charge is 2.26. The van der Waals surface area contributed by atoms with Crippen LogP contribution in [0.1, 0.15) is 18.4 Å². The molecule has 122 valence electrons. The third-order valence-electron chi connectivity index (χ3n) is 4.13. The molecule has 6 heteroatoms. The van der Waals surface area contributed by atoms with Crippen LogP contribution in [-0.4, -0.2) is 47.4 Å². The molecular formula is C17H22N4O2. The first kappa shape index (κ1) is 15.6. The Morgan fingerprint density at radius 3 is 2.87 bits per heavy atom. The van der Waals surface area contributed by atoms with Gasteiger partial charge in [-0.15, -0.1) is 0 Å². The molecule has 1 aliphatic rings. The average Bonchev–Trinajstić information content (AvgIpc) is 3.25. The maximum atomic E-state index is 12.4. The van der Waals surface area contributed by atoms with Crippen LogP contribution in [0.5, 0.6) is 0 Å². The molecule has 1 atom stereocenters. The molecule has 0 saturated heterocycles. The Balaban J connectivity index is 1.59. The Morgan fingerprint density at radius 2 is 2.13 bits per heavy atom. The number of carbonyl (C=O) groups excluding carboxylic acids is 2. The van der Waals surface area contributed by atoms with Crippen LogP contribution in [0.3, 0.4) is 0 Å². The zero-order valence-electron chi connectivity index (χ0n) is 13.2. The molecule has 1 heterocycles. The van der Waals surface area contributed by atoms with Crippen molar-refractivity contribution in [1.82, 2.24) is 15.2 Å². The van der Waals surface area contributed by atoms with Crippen molar-refractivity contribution in [3.63, 3.8) is 0 Å². The molecule has 4 N–H and O–H groups in total. The highest BCUT2D eigenvalue weighted by Crippen LogP contribution is 2.19. The Bertz CT molecular complexity index is 720. The van der Waals surface area contributed by atoms with Gasteiger partial charge < -0.3 is 20.9 Å². The largest absolute Gasteiger partial charge is 0.361 e. The number of likely N-dealkylation sites (N-methyl/N-ethyl adjacent to an activating group) is 1. The van der Waals surface area contributed by atoms with E-state index in [2.05, 4.69) is 10.3 Å². The zero-order chi connectivity index (χ0) is 16.4. The minimum absolute atomic E-state index is 0.0525. The van der Waals surface area contributed by atoms with Crippen molar-refractivity contribution in [3.8, 4) is 0 Å². The molecular weight excluding hydrogens is 292 g/mol. The molecule has 2 amide bonds. The molecule has 6 nitrogen and oxygen atoms in total. The van der Waals surface area contributed by atoms with Gasteiger partial charge in [-0.2, -0.15) is 0 Å². The first-order chi connectivity index (χ1) is 11.0. The number of hydrogen-bond acceptors (Lipinski definition) is 3. The molecule has 0 aliphatic heterocycles. The third-order valence-corrected chi connectivity index (χ3v) is 4.13. The van der Waals surface area contributed by atoms with Gasteiger partial charge in [0.2, 0.25) is 11.8 Å². The van der Waals surface area contributed by atoms with Crippen LogP contribution >= 0.6 is 0 Å². The van der Waals surface area contributed by atoms with Gasteiger partial charge in [0.1, 0.15) is 0 Å². The second-order valence-corrected chi connectivity index (χ2v) is 6.21. The van der Waals surface area contributed by atoms with Gasteiger partial charge in [-0.1, -0.05) is 18.2 Å². The lowest BCUT2D eigenvalue weighted by molar-refractivity contribution is -0.135. The monoisotopic (exact) mass is 314 g/mol. The van der Waals surface area contributed by atoms with E-state index in [9.17, 15) is 9.59 Å². The minimum Gasteiger partial charge on any atom is -0.361 e. The summed E-state index contributed by atoms with van der Waals surface area (Å²) in [7, 11) is 1.61. The van der Waals surface area contributed by atoms with Gasteiger partial charge in [-0.25, -0.2) is 0 Å². The lowest BCUT2D eigenvalue weighted by atomic mass is 10.0. The molecule has 23 heavy (non-hydrogen) atoms. The number of carbonyl (C=O) groups is 2. The van der Waals surface area contributed by atoms with Gasteiger partial charge in [0, 0.05) is 30.2 Å². The summed E-state index contributed by atoms with van der Waals surface area (Å²) < 4.78 is 0. The Morgan fingerprint density at radius 1 is 1.39 bits per heavy atom. The van der Waals surface area contributed by atoms with E-state index in [1.807, 2.05) is 30.5 Å². The number of rotatable bonds is 6. The Hall–Kier alpha value is -2.34. The fourth-order valence-corrected chi connectivity index (χ4v) is 2.70. The summed E-state index contributed by atoms with van der Waals surface area (Å²) in [6.45, 7) is 0.0525. The highest BCUT2D eigenvalue weighted by atomic mass is 16.2. The molecule has 1 aromatic heterocycles. The number of aromatic nitrogens is 1. The van der Waals surface area contributed by atoms with Crippen molar-refractivity contribution in [2.45, 2.75) is 31.3 Å². The van der Waals surface area contributed by atoms with Gasteiger partial charge >= 0.3 is 0 Å². The summed E-state index contributed by atoms with van der Waals surface area (Å²) >= 11 is 0. The number of fused-ring (bicyclic) bond motifs is 1. The number of hydrogen-bond donors (Lipinski definition) is 3. The van der Waals surface area contributed by atoms with Crippen LogP contribution in [0.4, 0.5) is 0 Å². The molecule has 2 aromatic rings. The SMILES string of the molecule is CN(CC(=O)NC1CC1)C(=O)[C@@H](N)Cc1c[nH]c2ccccc12. The van der Waals surface area contributed by atoms with Gasteiger partial charge in [-0.3, -0.25) is 9.59 Å². The summed E-state index contributed by atoms with van der Waals surface area (Å²) in [6, 6.07) is 7.55. The summed E-state index contributed by atoms with van der Waals surface area (Å²) in [5, 5.41) is 3.94. The summed E-state index contributed by atoms with van der Waals surface area (Å²) in [5.41, 5.74) is 8.09. The van der Waals surface area contributed by atoms with E-state index in [-0.39, 0.29) is 18.4 Å². The second kappa shape index (κ2) is 6.42. The van der Waals surface area contributed by atoms with Gasteiger partial charge in [0.25, 0.3) is 0 Å². The van der Waals surface area contributed by atoms with Crippen molar-refractivity contribution < 1.29 is 9.59 Å². The average molecular weight is 314 g/mol. The van der Waals surface area contributed by atoms with Crippen molar-refractivity contribution in [1.29, 1.82) is 0 Å². The number of aromatic amines is 1. The number of para-hydroxylation sites is 1. The summed E-state index contributed by atoms with van der Waals surface area (Å²) in [4.78, 5) is 28.7. The number of amides is 2. The van der Waals surface area contributed by atoms with E-state index in [1.54, 1.807) is 7.05 Å². The number of benzene rings is 1. The van der Waals surface area contributed by atoms with Crippen molar-refractivity contribution in [2.75, 3.05) is 13.6 Å². The van der Waals surface area contributed by atoms with E-state index in [1.165, 1.54) is 4.90 Å². The fraction of sp³-hybridized carbons (Fsp3) is 0.412. The quantitative estimate of drug-likeness (QED) is 0.735. The molecule has 0 radical (unpaired) electrons. The van der Waals surface area contributed by atoms with E-state index >= 15 is 0 Å². The first-order valence-corrected chi connectivity index (χ1v) is 7.89.